The van der Waals surface area contributed by atoms with Crippen molar-refractivity contribution >= 4 is 33.2 Å². The second-order valence-electron chi connectivity index (χ2n) is 6.26. The number of sulfonamides is 1. The van der Waals surface area contributed by atoms with Crippen LogP contribution in [0.2, 0.25) is 5.02 Å². The molecule has 0 radical (unpaired) electrons. The third kappa shape index (κ3) is 4.93. The predicted octanol–water partition coefficient (Wildman–Crippen LogP) is 3.21. The fourth-order valence-electron chi connectivity index (χ4n) is 2.57. The van der Waals surface area contributed by atoms with Crippen LogP contribution in [0.1, 0.15) is 16.2 Å². The van der Waals surface area contributed by atoms with Gasteiger partial charge < -0.3 is 10.1 Å². The molecule has 3 aromatic rings. The Morgan fingerprint density at radius 3 is 2.37 bits per heavy atom. The molecule has 1 heterocycles. The molecule has 0 bridgehead atoms. The molecule has 1 N–H and O–H groups in total. The fraction of sp³-hybridized carbons (Fsp3) is 0.150. The van der Waals surface area contributed by atoms with Gasteiger partial charge in [-0.25, -0.2) is 18.4 Å². The Labute approximate surface area is 179 Å². The Hall–Kier alpha value is -3.01. The van der Waals surface area contributed by atoms with Crippen LogP contribution < -0.4 is 10.1 Å². The fourth-order valence-corrected chi connectivity index (χ4v) is 3.82. The van der Waals surface area contributed by atoms with Gasteiger partial charge in [-0.3, -0.25) is 4.79 Å². The SMILES string of the molecule is COc1ccccc1NC(=O)c1cnc(CN(C)S(=O)(=O)c2ccc(Cl)cc2)nc1. The van der Waals surface area contributed by atoms with Crippen molar-refractivity contribution in [3.05, 3.63) is 77.3 Å². The number of hydrogen-bond donors (Lipinski definition) is 1. The van der Waals surface area contributed by atoms with Gasteiger partial charge in [-0.1, -0.05) is 23.7 Å². The summed E-state index contributed by atoms with van der Waals surface area (Å²) in [5.41, 5.74) is 0.746. The summed E-state index contributed by atoms with van der Waals surface area (Å²) in [6.45, 7) is -0.0562. The first-order chi connectivity index (χ1) is 14.3. The molecule has 0 fully saturated rings. The summed E-state index contributed by atoms with van der Waals surface area (Å²) in [5, 5.41) is 3.17. The summed E-state index contributed by atoms with van der Waals surface area (Å²) in [4.78, 5) is 20.8. The van der Waals surface area contributed by atoms with Gasteiger partial charge in [0.1, 0.15) is 11.6 Å². The van der Waals surface area contributed by atoms with Crippen LogP contribution in [0, 0.1) is 0 Å². The Morgan fingerprint density at radius 1 is 1.10 bits per heavy atom. The van der Waals surface area contributed by atoms with Crippen molar-refractivity contribution in [3.63, 3.8) is 0 Å². The molecule has 2 aromatic carbocycles. The minimum atomic E-state index is -3.73. The Balaban J connectivity index is 1.69. The maximum absolute atomic E-state index is 12.6. The monoisotopic (exact) mass is 446 g/mol. The number of amides is 1. The van der Waals surface area contributed by atoms with E-state index in [9.17, 15) is 13.2 Å². The summed E-state index contributed by atoms with van der Waals surface area (Å²) < 4.78 is 31.6. The number of nitrogens with one attached hydrogen (secondary N) is 1. The second-order valence-corrected chi connectivity index (χ2v) is 8.74. The van der Waals surface area contributed by atoms with E-state index in [-0.39, 0.29) is 22.8 Å². The lowest BCUT2D eigenvalue weighted by molar-refractivity contribution is 0.102. The normalized spacial score (nSPS) is 11.3. The zero-order valence-corrected chi connectivity index (χ0v) is 17.8. The number of aromatic nitrogens is 2. The molecule has 0 unspecified atom stereocenters. The molecule has 3 rings (SSSR count). The quantitative estimate of drug-likeness (QED) is 0.598. The third-order valence-electron chi connectivity index (χ3n) is 4.21. The van der Waals surface area contributed by atoms with Crippen molar-refractivity contribution < 1.29 is 17.9 Å². The van der Waals surface area contributed by atoms with E-state index in [4.69, 9.17) is 16.3 Å². The van der Waals surface area contributed by atoms with Gasteiger partial charge in [0.25, 0.3) is 5.91 Å². The minimum Gasteiger partial charge on any atom is -0.495 e. The zero-order chi connectivity index (χ0) is 21.7. The number of anilines is 1. The van der Waals surface area contributed by atoms with E-state index in [0.29, 0.717) is 16.5 Å². The molecule has 0 saturated heterocycles. The molecule has 1 amide bonds. The molecule has 156 valence electrons. The number of methoxy groups -OCH3 is 1. The molecule has 10 heteroatoms. The Kier molecular flexibility index (Phi) is 6.66. The average Bonchev–Trinajstić information content (AvgIpc) is 2.75. The molecule has 0 aliphatic heterocycles. The van der Waals surface area contributed by atoms with E-state index in [1.54, 1.807) is 24.3 Å². The first-order valence-corrected chi connectivity index (χ1v) is 10.6. The van der Waals surface area contributed by atoms with E-state index >= 15 is 0 Å². The highest BCUT2D eigenvalue weighted by molar-refractivity contribution is 7.89. The van der Waals surface area contributed by atoms with E-state index in [1.807, 2.05) is 0 Å². The standard InChI is InChI=1S/C20H19ClN4O4S/c1-25(30(27,28)16-9-7-15(21)8-10-16)13-19-22-11-14(12-23-19)20(26)24-17-5-3-4-6-18(17)29-2/h3-12H,13H2,1-2H3,(H,24,26). The van der Waals surface area contributed by atoms with Crippen molar-refractivity contribution in [2.24, 2.45) is 0 Å². The lowest BCUT2D eigenvalue weighted by atomic mass is 10.2. The van der Waals surface area contributed by atoms with Crippen LogP contribution in [0.25, 0.3) is 0 Å². The molecule has 0 aliphatic rings. The van der Waals surface area contributed by atoms with Gasteiger partial charge in [0.15, 0.2) is 0 Å². The predicted molar refractivity (Wildman–Crippen MR) is 113 cm³/mol. The van der Waals surface area contributed by atoms with E-state index in [2.05, 4.69) is 15.3 Å². The zero-order valence-electron chi connectivity index (χ0n) is 16.2. The van der Waals surface area contributed by atoms with Crippen molar-refractivity contribution in [1.82, 2.24) is 14.3 Å². The topological polar surface area (TPSA) is 101 Å². The first-order valence-electron chi connectivity index (χ1n) is 8.78. The van der Waals surface area contributed by atoms with Gasteiger partial charge in [0.05, 0.1) is 29.8 Å². The lowest BCUT2D eigenvalue weighted by Gasteiger charge is -2.16. The summed E-state index contributed by atoms with van der Waals surface area (Å²) in [6, 6.07) is 12.9. The van der Waals surface area contributed by atoms with Crippen LogP contribution in [0.5, 0.6) is 5.75 Å². The number of ether oxygens (including phenoxy) is 1. The average molecular weight is 447 g/mol. The molecule has 0 saturated carbocycles. The van der Waals surface area contributed by atoms with Gasteiger partial charge in [-0.15, -0.1) is 0 Å². The Morgan fingerprint density at radius 2 is 1.73 bits per heavy atom. The van der Waals surface area contributed by atoms with Gasteiger partial charge in [0, 0.05) is 24.5 Å². The number of carbonyl (C=O) groups excluding carboxylic acids is 1. The molecule has 8 nitrogen and oxygen atoms in total. The van der Waals surface area contributed by atoms with Crippen LogP contribution in [0.4, 0.5) is 5.69 Å². The van der Waals surface area contributed by atoms with Crippen molar-refractivity contribution in [2.75, 3.05) is 19.5 Å². The lowest BCUT2D eigenvalue weighted by Crippen LogP contribution is -2.27. The Bertz CT molecular complexity index is 1140. The molecule has 0 aliphatic carbocycles. The van der Waals surface area contributed by atoms with Crippen LogP contribution in [-0.4, -0.2) is 42.8 Å². The molecule has 1 aromatic heterocycles. The maximum atomic E-state index is 12.6. The molecule has 0 atom stereocenters. The van der Waals surface area contributed by atoms with E-state index in [1.165, 1.54) is 50.8 Å². The van der Waals surface area contributed by atoms with Crippen molar-refractivity contribution in [2.45, 2.75) is 11.4 Å². The number of rotatable bonds is 7. The number of para-hydroxylation sites is 2. The number of hydrogen-bond acceptors (Lipinski definition) is 6. The van der Waals surface area contributed by atoms with E-state index < -0.39 is 15.9 Å². The van der Waals surface area contributed by atoms with Gasteiger partial charge in [-0.2, -0.15) is 4.31 Å². The first kappa shape index (κ1) is 21.7. The van der Waals surface area contributed by atoms with Crippen molar-refractivity contribution in [3.8, 4) is 5.75 Å². The number of carbonyl (C=O) groups is 1. The highest BCUT2D eigenvalue weighted by Crippen LogP contribution is 2.23. The third-order valence-corrected chi connectivity index (χ3v) is 6.28. The summed E-state index contributed by atoms with van der Waals surface area (Å²) in [7, 11) is -0.790. The minimum absolute atomic E-state index is 0.0562. The van der Waals surface area contributed by atoms with Crippen LogP contribution in [0.3, 0.4) is 0 Å². The number of benzene rings is 2. The molecule has 30 heavy (non-hydrogen) atoms. The smallest absolute Gasteiger partial charge is 0.258 e. The molecular weight excluding hydrogens is 428 g/mol. The van der Waals surface area contributed by atoms with E-state index in [0.717, 1.165) is 4.31 Å². The number of halogens is 1. The summed E-state index contributed by atoms with van der Waals surface area (Å²) in [6.07, 6.45) is 2.69. The highest BCUT2D eigenvalue weighted by Gasteiger charge is 2.22. The summed E-state index contributed by atoms with van der Waals surface area (Å²) >= 11 is 5.81. The van der Waals surface area contributed by atoms with Gasteiger partial charge in [-0.05, 0) is 36.4 Å². The molecule has 0 spiro atoms. The second kappa shape index (κ2) is 9.21. The summed E-state index contributed by atoms with van der Waals surface area (Å²) in [5.74, 6) is 0.370. The highest BCUT2D eigenvalue weighted by atomic mass is 35.5. The van der Waals surface area contributed by atoms with Crippen LogP contribution in [0.15, 0.2) is 65.8 Å². The van der Waals surface area contributed by atoms with Gasteiger partial charge >= 0.3 is 0 Å². The molecular formula is C20H19ClN4O4S. The van der Waals surface area contributed by atoms with Crippen LogP contribution in [-0.2, 0) is 16.6 Å². The van der Waals surface area contributed by atoms with Gasteiger partial charge in [0.2, 0.25) is 10.0 Å². The van der Waals surface area contributed by atoms with Crippen molar-refractivity contribution in [1.29, 1.82) is 0 Å². The largest absolute Gasteiger partial charge is 0.495 e. The number of nitrogens with zero attached hydrogens (tertiary/aromatic N) is 3. The van der Waals surface area contributed by atoms with Crippen LogP contribution >= 0.6 is 11.6 Å². The maximum Gasteiger partial charge on any atom is 0.258 e.